The van der Waals surface area contributed by atoms with E-state index in [4.69, 9.17) is 18.6 Å². The minimum Gasteiger partial charge on any atom is -0.222 e. The summed E-state index contributed by atoms with van der Waals surface area (Å²) in [5, 5.41) is 2.59. The van der Waals surface area contributed by atoms with E-state index < -0.39 is 10.2 Å². The van der Waals surface area contributed by atoms with E-state index in [-0.39, 0.29) is 0 Å². The number of halogens is 1. The predicted molar refractivity (Wildman–Crippen MR) is 102 cm³/mol. The van der Waals surface area contributed by atoms with Crippen LogP contribution in [-0.4, -0.2) is 0 Å². The molecule has 0 unspecified atom stereocenters. The number of hydrogen-bond donors (Lipinski definition) is 0. The number of benzene rings is 3. The van der Waals surface area contributed by atoms with Crippen molar-refractivity contribution in [3.8, 4) is 11.1 Å². The standard InChI is InChI=1S/C23H22N.ClHO4/c1-15-12-16(2)23(17(3)13-15)19-9-7-11-22-20(19)14-18-8-5-6-10-21(18)24(22)4;2-1(3,4)5/h5-14H,1-4H3;(H,2,3,4,5)/q+1;/p-1. The lowest BCUT2D eigenvalue weighted by Gasteiger charge is -2.17. The minimum atomic E-state index is -4.94. The van der Waals surface area contributed by atoms with Gasteiger partial charge >= 0.3 is 0 Å². The number of fused-ring (bicyclic) bond motifs is 2. The van der Waals surface area contributed by atoms with Crippen molar-refractivity contribution in [2.24, 2.45) is 7.05 Å². The number of pyridine rings is 1. The Bertz CT molecular complexity index is 1170. The van der Waals surface area contributed by atoms with Gasteiger partial charge in [-0.2, -0.15) is 4.57 Å². The average Bonchev–Trinajstić information content (AvgIpc) is 2.60. The van der Waals surface area contributed by atoms with Gasteiger partial charge in [-0.1, -0.05) is 42.0 Å². The molecule has 150 valence electrons. The molecular formula is C23H22ClNO4. The average molecular weight is 412 g/mol. The molecule has 4 aromatic rings. The fourth-order valence-electron chi connectivity index (χ4n) is 4.02. The van der Waals surface area contributed by atoms with Crippen molar-refractivity contribution in [2.75, 3.05) is 0 Å². The Balaban J connectivity index is 0.000000431. The third kappa shape index (κ3) is 4.72. The number of aryl methyl sites for hydroxylation is 4. The van der Waals surface area contributed by atoms with Crippen molar-refractivity contribution in [3.63, 3.8) is 0 Å². The van der Waals surface area contributed by atoms with Crippen molar-refractivity contribution < 1.29 is 33.4 Å². The molecule has 0 amide bonds. The Labute approximate surface area is 171 Å². The quantitative estimate of drug-likeness (QED) is 0.339. The molecule has 0 saturated carbocycles. The largest absolute Gasteiger partial charge is 0.222 e. The van der Waals surface area contributed by atoms with Gasteiger partial charge in [-0.15, -0.1) is 10.2 Å². The van der Waals surface area contributed by atoms with Gasteiger partial charge in [0.05, 0.1) is 5.39 Å². The van der Waals surface area contributed by atoms with E-state index in [2.05, 4.69) is 93.0 Å². The first-order valence-corrected chi connectivity index (χ1v) is 10.3. The Morgan fingerprint density at radius 3 is 1.90 bits per heavy atom. The monoisotopic (exact) mass is 411 g/mol. The van der Waals surface area contributed by atoms with E-state index in [9.17, 15) is 0 Å². The van der Waals surface area contributed by atoms with E-state index in [0.717, 1.165) is 0 Å². The van der Waals surface area contributed by atoms with Gasteiger partial charge in [-0.25, -0.2) is 18.6 Å². The Kier molecular flexibility index (Phi) is 5.89. The summed E-state index contributed by atoms with van der Waals surface area (Å²) in [5.41, 5.74) is 9.23. The summed E-state index contributed by atoms with van der Waals surface area (Å²) in [5.74, 6) is 0. The van der Waals surface area contributed by atoms with Gasteiger partial charge in [0.15, 0.2) is 0 Å². The molecule has 0 fully saturated rings. The number of para-hydroxylation sites is 1. The minimum absolute atomic E-state index is 1.26. The van der Waals surface area contributed by atoms with Gasteiger partial charge in [0.1, 0.15) is 7.05 Å². The van der Waals surface area contributed by atoms with Crippen LogP contribution in [0, 0.1) is 31.0 Å². The zero-order valence-electron chi connectivity index (χ0n) is 16.7. The van der Waals surface area contributed by atoms with Gasteiger partial charge in [0.25, 0.3) is 0 Å². The van der Waals surface area contributed by atoms with E-state index in [0.29, 0.717) is 0 Å². The molecule has 1 aromatic heterocycles. The van der Waals surface area contributed by atoms with Crippen LogP contribution in [0.25, 0.3) is 32.9 Å². The van der Waals surface area contributed by atoms with Crippen LogP contribution < -0.4 is 23.2 Å². The third-order valence-corrected chi connectivity index (χ3v) is 4.99. The lowest BCUT2D eigenvalue weighted by atomic mass is 9.91. The van der Waals surface area contributed by atoms with Gasteiger partial charge in [-0.05, 0) is 55.2 Å². The van der Waals surface area contributed by atoms with Gasteiger partial charge in [-0.3, -0.25) is 0 Å². The van der Waals surface area contributed by atoms with Crippen molar-refractivity contribution in [1.82, 2.24) is 0 Å². The Hall–Kier alpha value is -2.54. The summed E-state index contributed by atoms with van der Waals surface area (Å²) in [6.07, 6.45) is 0. The molecule has 0 N–H and O–H groups in total. The summed E-state index contributed by atoms with van der Waals surface area (Å²) in [6, 6.07) is 22.1. The molecule has 0 aliphatic carbocycles. The molecule has 4 rings (SSSR count). The highest BCUT2D eigenvalue weighted by molar-refractivity contribution is 5.99. The van der Waals surface area contributed by atoms with Crippen LogP contribution in [0.15, 0.2) is 60.7 Å². The topological polar surface area (TPSA) is 96.1 Å². The maximum atomic E-state index is 8.49. The second-order valence-corrected chi connectivity index (χ2v) is 7.91. The van der Waals surface area contributed by atoms with E-state index in [1.165, 1.54) is 49.6 Å². The first-order valence-electron chi connectivity index (χ1n) is 9.07. The van der Waals surface area contributed by atoms with Crippen LogP contribution >= 0.6 is 0 Å². The highest BCUT2D eigenvalue weighted by Gasteiger charge is 2.16. The van der Waals surface area contributed by atoms with Gasteiger partial charge in [0.2, 0.25) is 11.0 Å². The van der Waals surface area contributed by atoms with Crippen LogP contribution in [0.5, 0.6) is 0 Å². The molecular weight excluding hydrogens is 390 g/mol. The molecule has 0 bridgehead atoms. The van der Waals surface area contributed by atoms with E-state index >= 15 is 0 Å². The molecule has 6 heteroatoms. The first-order chi connectivity index (χ1) is 13.6. The van der Waals surface area contributed by atoms with Crippen LogP contribution in [0.1, 0.15) is 16.7 Å². The number of rotatable bonds is 1. The summed E-state index contributed by atoms with van der Waals surface area (Å²) in [4.78, 5) is 0. The van der Waals surface area contributed by atoms with Crippen LogP contribution in [0.3, 0.4) is 0 Å². The first kappa shape index (κ1) is 21.2. The normalized spacial score (nSPS) is 11.4. The molecule has 1 heterocycles. The molecule has 29 heavy (non-hydrogen) atoms. The molecule has 0 atom stereocenters. The summed E-state index contributed by atoms with van der Waals surface area (Å²) in [6.45, 7) is 6.60. The number of nitrogens with zero attached hydrogens (tertiary/aromatic N) is 1. The number of aromatic nitrogens is 1. The summed E-state index contributed by atoms with van der Waals surface area (Å²) in [7, 11) is -2.79. The van der Waals surface area contributed by atoms with Crippen LogP contribution in [-0.2, 0) is 7.05 Å². The molecule has 0 saturated heterocycles. The van der Waals surface area contributed by atoms with E-state index in [1.54, 1.807) is 0 Å². The molecule has 0 aliphatic rings. The lowest BCUT2D eigenvalue weighted by Crippen LogP contribution is -2.68. The fraction of sp³-hybridized carbons (Fsp3) is 0.174. The Morgan fingerprint density at radius 2 is 1.28 bits per heavy atom. The zero-order chi connectivity index (χ0) is 21.3. The second-order valence-electron chi connectivity index (χ2n) is 7.15. The SMILES string of the molecule is Cc1cc(C)c(-c2cccc3c2cc2ccccc2[n+]3C)c(C)c1.[O-][Cl+3]([O-])([O-])[O-]. The highest BCUT2D eigenvalue weighted by Crippen LogP contribution is 2.34. The van der Waals surface area contributed by atoms with Crippen molar-refractivity contribution in [1.29, 1.82) is 0 Å². The summed E-state index contributed by atoms with van der Waals surface area (Å²) >= 11 is 0. The third-order valence-electron chi connectivity index (χ3n) is 4.99. The lowest BCUT2D eigenvalue weighted by molar-refractivity contribution is -2.00. The smallest absolute Gasteiger partial charge is 0.213 e. The maximum absolute atomic E-state index is 8.49. The zero-order valence-corrected chi connectivity index (χ0v) is 17.5. The molecule has 0 spiro atoms. The fourth-order valence-corrected chi connectivity index (χ4v) is 4.02. The van der Waals surface area contributed by atoms with Crippen molar-refractivity contribution >= 4 is 21.8 Å². The highest BCUT2D eigenvalue weighted by atomic mass is 35.7. The van der Waals surface area contributed by atoms with Crippen LogP contribution in [0.4, 0.5) is 0 Å². The summed E-state index contributed by atoms with van der Waals surface area (Å²) < 4.78 is 36.3. The van der Waals surface area contributed by atoms with Crippen molar-refractivity contribution in [2.45, 2.75) is 20.8 Å². The molecule has 0 radical (unpaired) electrons. The van der Waals surface area contributed by atoms with Crippen molar-refractivity contribution in [3.05, 3.63) is 77.4 Å². The molecule has 5 nitrogen and oxygen atoms in total. The molecule has 0 aliphatic heterocycles. The second kappa shape index (κ2) is 8.06. The maximum Gasteiger partial charge on any atom is 0.213 e. The van der Waals surface area contributed by atoms with Gasteiger partial charge < -0.3 is 0 Å². The molecule has 3 aromatic carbocycles. The van der Waals surface area contributed by atoms with E-state index in [1.807, 2.05) is 0 Å². The van der Waals surface area contributed by atoms with Gasteiger partial charge in [0, 0.05) is 17.5 Å². The van der Waals surface area contributed by atoms with Crippen LogP contribution in [0.2, 0.25) is 0 Å². The number of hydrogen-bond acceptors (Lipinski definition) is 4. The Morgan fingerprint density at radius 1 is 0.724 bits per heavy atom. The predicted octanol–water partition coefficient (Wildman–Crippen LogP) is 0.654.